The lowest BCUT2D eigenvalue weighted by atomic mass is 9.67. The topological polar surface area (TPSA) is 57.4 Å². The van der Waals surface area contributed by atoms with E-state index >= 15 is 0 Å². The van der Waals surface area contributed by atoms with Crippen LogP contribution < -0.4 is 0 Å². The largest absolute Gasteiger partial charge is 0.309 e. The normalized spacial score (nSPS) is 13.6. The summed E-state index contributed by atoms with van der Waals surface area (Å²) in [5, 5.41) is 27.0. The molecule has 0 radical (unpaired) electrons. The van der Waals surface area contributed by atoms with E-state index in [0.29, 0.717) is 16.8 Å². The Balaban J connectivity index is 1.06. The number of hydrogen-bond acceptors (Lipinski definition) is 2. The SMILES string of the molecule is N#Cc1cc(-n2c3ccccc3c3c4c(ccc32)-c2ccccc2C4(c2ccccc2)c2ccccc2)cc(-n2c3ccccc3c3c4c(ccc32)-c2ccccc2C4(c2ccccc2)c2ccccc2)c1C#N. The third-order valence-corrected chi connectivity index (χ3v) is 16.3. The van der Waals surface area contributed by atoms with Crippen LogP contribution in [-0.2, 0) is 10.8 Å². The van der Waals surface area contributed by atoms with Crippen LogP contribution in [0.5, 0.6) is 0 Å². The lowest BCUT2D eigenvalue weighted by molar-refractivity contribution is 0.776. The molecule has 0 N–H and O–H groups in total. The molecule has 0 fully saturated rings. The van der Waals surface area contributed by atoms with Crippen molar-refractivity contribution in [2.24, 2.45) is 0 Å². The van der Waals surface area contributed by atoms with Gasteiger partial charge < -0.3 is 9.13 Å². The Kier molecular flexibility index (Phi) is 8.89. The molecular formula is C70H42N4. The molecule has 0 atom stereocenters. The zero-order valence-electron chi connectivity index (χ0n) is 40.0. The van der Waals surface area contributed by atoms with E-state index in [2.05, 4.69) is 270 Å². The van der Waals surface area contributed by atoms with Crippen molar-refractivity contribution in [2.75, 3.05) is 0 Å². The second-order valence-electron chi connectivity index (χ2n) is 19.6. The molecule has 0 spiro atoms. The fourth-order valence-electron chi connectivity index (χ4n) is 13.7. The standard InChI is InChI=1S/C70H42N4/c71-43-45-41-50(73-60-35-19-15-31-55(60)65-62(73)39-37-53-51-29-13-17-33-58(51)69(67(53)65,46-21-5-1-6-22-46)47-23-7-2-8-24-47)42-64(57(45)44-72)74-61-36-20-16-32-56(61)66-63(74)40-38-54-52-30-14-18-34-59(52)70(68(54)66,48-25-9-3-10-26-48)49-27-11-4-12-28-49/h1-42H. The molecule has 0 aliphatic heterocycles. The van der Waals surface area contributed by atoms with Gasteiger partial charge in [-0.3, -0.25) is 0 Å². The molecule has 74 heavy (non-hydrogen) atoms. The van der Waals surface area contributed by atoms with Crippen LogP contribution in [0.4, 0.5) is 0 Å². The average Bonchev–Trinajstić information content (AvgIpc) is 4.19. The molecule has 2 aliphatic carbocycles. The van der Waals surface area contributed by atoms with E-state index < -0.39 is 10.8 Å². The molecular weight excluding hydrogens is 897 g/mol. The van der Waals surface area contributed by atoms with E-state index in [1.54, 1.807) is 0 Å². The highest BCUT2D eigenvalue weighted by Gasteiger charge is 2.49. The zero-order chi connectivity index (χ0) is 49.1. The summed E-state index contributed by atoms with van der Waals surface area (Å²) in [5.41, 5.74) is 19.1. The molecule has 0 unspecified atom stereocenters. The Morgan fingerprint density at radius 3 is 1.16 bits per heavy atom. The van der Waals surface area contributed by atoms with Crippen molar-refractivity contribution in [2.45, 2.75) is 10.8 Å². The summed E-state index contributed by atoms with van der Waals surface area (Å²) in [6.07, 6.45) is 0. The minimum Gasteiger partial charge on any atom is -0.309 e. The Bertz CT molecular complexity index is 4470. The summed E-state index contributed by atoms with van der Waals surface area (Å²) < 4.78 is 4.56. The first kappa shape index (κ1) is 41.8. The molecule has 2 aromatic heterocycles. The number of hydrogen-bond donors (Lipinski definition) is 0. The van der Waals surface area contributed by atoms with Crippen LogP contribution in [0.25, 0.3) is 77.2 Å². The van der Waals surface area contributed by atoms with Gasteiger partial charge in [0.2, 0.25) is 0 Å². The van der Waals surface area contributed by atoms with Crippen LogP contribution in [0.3, 0.4) is 0 Å². The summed E-state index contributed by atoms with van der Waals surface area (Å²) in [7, 11) is 0. The van der Waals surface area contributed by atoms with Crippen molar-refractivity contribution in [3.63, 3.8) is 0 Å². The van der Waals surface area contributed by atoms with E-state index in [9.17, 15) is 10.5 Å². The smallest absolute Gasteiger partial charge is 0.103 e. The van der Waals surface area contributed by atoms with Gasteiger partial charge in [-0.15, -0.1) is 0 Å². The van der Waals surface area contributed by atoms with Crippen molar-refractivity contribution >= 4 is 43.6 Å². The third kappa shape index (κ3) is 5.33. The minimum atomic E-state index is -0.668. The summed E-state index contributed by atoms with van der Waals surface area (Å²) >= 11 is 0. The van der Waals surface area contributed by atoms with Gasteiger partial charge in [0.25, 0.3) is 0 Å². The van der Waals surface area contributed by atoms with Gasteiger partial charge in [-0.2, -0.15) is 10.5 Å². The van der Waals surface area contributed by atoms with Crippen LogP contribution >= 0.6 is 0 Å². The molecule has 4 heteroatoms. The average molecular weight is 939 g/mol. The number of aromatic nitrogens is 2. The maximum absolute atomic E-state index is 11.3. The highest BCUT2D eigenvalue weighted by atomic mass is 15.0. The second kappa shape index (κ2) is 15.8. The maximum Gasteiger partial charge on any atom is 0.103 e. The zero-order valence-corrected chi connectivity index (χ0v) is 40.0. The first-order valence-electron chi connectivity index (χ1n) is 25.2. The van der Waals surface area contributed by atoms with E-state index in [1.807, 2.05) is 6.07 Å². The Morgan fingerprint density at radius 2 is 0.716 bits per heavy atom. The molecule has 4 nitrogen and oxygen atoms in total. The summed E-state index contributed by atoms with van der Waals surface area (Å²) in [5.74, 6) is 0. The third-order valence-electron chi connectivity index (χ3n) is 16.3. The van der Waals surface area contributed by atoms with Gasteiger partial charge in [0.15, 0.2) is 0 Å². The highest BCUT2D eigenvalue weighted by molar-refractivity contribution is 6.17. The molecule has 2 aliphatic rings. The van der Waals surface area contributed by atoms with Crippen LogP contribution in [0, 0.1) is 22.7 Å². The van der Waals surface area contributed by atoms with Crippen LogP contribution in [0.2, 0.25) is 0 Å². The first-order valence-corrected chi connectivity index (χ1v) is 25.2. The minimum absolute atomic E-state index is 0.310. The fourth-order valence-corrected chi connectivity index (χ4v) is 13.7. The van der Waals surface area contributed by atoms with Gasteiger partial charge in [0.1, 0.15) is 12.1 Å². The number of rotatable bonds is 6. The predicted octanol–water partition coefficient (Wildman–Crippen LogP) is 16.4. The molecule has 0 bridgehead atoms. The molecule has 0 saturated heterocycles. The molecule has 0 saturated carbocycles. The van der Waals surface area contributed by atoms with E-state index in [0.717, 1.165) is 49.3 Å². The lowest BCUT2D eigenvalue weighted by Gasteiger charge is -2.34. The number of para-hydroxylation sites is 2. The Hall–Kier alpha value is -10.0. The van der Waals surface area contributed by atoms with Gasteiger partial charge in [-0.25, -0.2) is 0 Å². The molecule has 13 aromatic rings. The van der Waals surface area contributed by atoms with Gasteiger partial charge in [0.05, 0.1) is 49.7 Å². The van der Waals surface area contributed by atoms with E-state index in [-0.39, 0.29) is 0 Å². The molecule has 15 rings (SSSR count). The molecule has 342 valence electrons. The molecule has 11 aromatic carbocycles. The molecule has 0 amide bonds. The van der Waals surface area contributed by atoms with Crippen molar-refractivity contribution in [3.8, 4) is 45.8 Å². The maximum atomic E-state index is 11.3. The predicted molar refractivity (Wildman–Crippen MR) is 299 cm³/mol. The summed E-state index contributed by atoms with van der Waals surface area (Å²) in [4.78, 5) is 0. The summed E-state index contributed by atoms with van der Waals surface area (Å²) in [6.45, 7) is 0. The van der Waals surface area contributed by atoms with Crippen LogP contribution in [0.1, 0.15) is 55.6 Å². The highest BCUT2D eigenvalue weighted by Crippen LogP contribution is 2.61. The Labute approximate surface area is 428 Å². The van der Waals surface area contributed by atoms with Gasteiger partial charge in [0, 0.05) is 27.2 Å². The van der Waals surface area contributed by atoms with Crippen LogP contribution in [0.15, 0.2) is 255 Å². The monoisotopic (exact) mass is 938 g/mol. The van der Waals surface area contributed by atoms with Crippen molar-refractivity contribution in [1.29, 1.82) is 10.5 Å². The lowest BCUT2D eigenvalue weighted by Crippen LogP contribution is -2.28. The van der Waals surface area contributed by atoms with Gasteiger partial charge in [-0.1, -0.05) is 218 Å². The number of fused-ring (bicyclic) bond motifs is 14. The van der Waals surface area contributed by atoms with Crippen LogP contribution in [-0.4, -0.2) is 9.13 Å². The molecule has 2 heterocycles. The summed E-state index contributed by atoms with van der Waals surface area (Å²) in [6, 6.07) is 96.8. The first-order chi connectivity index (χ1) is 36.7. The van der Waals surface area contributed by atoms with Crippen molar-refractivity contribution in [1.82, 2.24) is 9.13 Å². The van der Waals surface area contributed by atoms with E-state index in [4.69, 9.17) is 0 Å². The fraction of sp³-hybridized carbons (Fsp3) is 0.0286. The number of benzene rings is 11. The van der Waals surface area contributed by atoms with Crippen molar-refractivity contribution < 1.29 is 0 Å². The quantitative estimate of drug-likeness (QED) is 0.167. The van der Waals surface area contributed by atoms with E-state index in [1.165, 1.54) is 66.8 Å². The van der Waals surface area contributed by atoms with Gasteiger partial charge >= 0.3 is 0 Å². The van der Waals surface area contributed by atoms with Gasteiger partial charge in [-0.05, 0) is 103 Å². The number of nitriles is 2. The second-order valence-corrected chi connectivity index (χ2v) is 19.6. The Morgan fingerprint density at radius 1 is 0.324 bits per heavy atom. The number of nitrogens with zero attached hydrogens (tertiary/aromatic N) is 4. The van der Waals surface area contributed by atoms with Crippen molar-refractivity contribution in [3.05, 3.63) is 310 Å².